The van der Waals surface area contributed by atoms with Crippen LogP contribution in [-0.4, -0.2) is 52.6 Å². The van der Waals surface area contributed by atoms with E-state index in [1.165, 1.54) is 10.6 Å². The summed E-state index contributed by atoms with van der Waals surface area (Å²) >= 11 is 0. The van der Waals surface area contributed by atoms with Gasteiger partial charge in [0.1, 0.15) is 6.54 Å². The lowest BCUT2D eigenvalue weighted by molar-refractivity contribution is -0.136. The molecule has 0 saturated carbocycles. The molecule has 1 atom stereocenters. The zero-order chi connectivity index (χ0) is 18.7. The maximum absolute atomic E-state index is 12.5. The Morgan fingerprint density at radius 1 is 1.31 bits per heavy atom. The van der Waals surface area contributed by atoms with Gasteiger partial charge < -0.3 is 19.5 Å². The van der Waals surface area contributed by atoms with Crippen LogP contribution in [0.4, 0.5) is 0 Å². The van der Waals surface area contributed by atoms with Crippen molar-refractivity contribution in [2.75, 3.05) is 19.7 Å². The normalized spacial score (nSPS) is 22.0. The molecular weight excluding hydrogens is 334 g/mol. The summed E-state index contributed by atoms with van der Waals surface area (Å²) in [5.41, 5.74) is -0.410. The van der Waals surface area contributed by atoms with Crippen molar-refractivity contribution in [1.82, 2.24) is 14.8 Å². The summed E-state index contributed by atoms with van der Waals surface area (Å²) < 4.78 is 7.46. The summed E-state index contributed by atoms with van der Waals surface area (Å²) in [6.45, 7) is 5.59. The number of likely N-dealkylation sites (tertiary alicyclic amines) is 1. The lowest BCUT2D eigenvalue weighted by atomic mass is 9.87. The van der Waals surface area contributed by atoms with Crippen LogP contribution in [0.3, 0.4) is 0 Å². The van der Waals surface area contributed by atoms with Gasteiger partial charge in [-0.2, -0.15) is 0 Å². The fourth-order valence-corrected chi connectivity index (χ4v) is 3.65. The second-order valence-corrected chi connectivity index (χ2v) is 7.61. The summed E-state index contributed by atoms with van der Waals surface area (Å²) in [4.78, 5) is 37.9. The van der Waals surface area contributed by atoms with Gasteiger partial charge in [-0.3, -0.25) is 14.4 Å². The molecule has 0 bridgehead atoms. The number of hydrogen-bond acceptors (Lipinski definition) is 4. The highest BCUT2D eigenvalue weighted by atomic mass is 16.5. The van der Waals surface area contributed by atoms with E-state index in [4.69, 9.17) is 4.74 Å². The van der Waals surface area contributed by atoms with Gasteiger partial charge in [0.25, 0.3) is 5.56 Å². The second-order valence-electron chi connectivity index (χ2n) is 7.61. The average molecular weight is 361 g/mol. The monoisotopic (exact) mass is 361 g/mol. The van der Waals surface area contributed by atoms with Gasteiger partial charge in [-0.1, -0.05) is 19.9 Å². The zero-order valence-electron chi connectivity index (χ0n) is 15.4. The molecule has 0 radical (unpaired) electrons. The number of rotatable bonds is 4. The van der Waals surface area contributed by atoms with Crippen molar-refractivity contribution in [3.05, 3.63) is 34.7 Å². The number of nitrogens with one attached hydrogen (secondary N) is 1. The van der Waals surface area contributed by atoms with Gasteiger partial charge in [0, 0.05) is 31.3 Å². The van der Waals surface area contributed by atoms with Gasteiger partial charge in [-0.15, -0.1) is 0 Å². The first kappa shape index (κ1) is 18.6. The van der Waals surface area contributed by atoms with E-state index in [-0.39, 0.29) is 41.5 Å². The van der Waals surface area contributed by atoms with Crippen LogP contribution in [0, 0.1) is 5.92 Å². The van der Waals surface area contributed by atoms with Crippen LogP contribution in [0.2, 0.25) is 0 Å². The maximum Gasteiger partial charge on any atom is 0.250 e. The van der Waals surface area contributed by atoms with E-state index in [2.05, 4.69) is 5.32 Å². The van der Waals surface area contributed by atoms with Crippen molar-refractivity contribution >= 4 is 11.8 Å². The van der Waals surface area contributed by atoms with Gasteiger partial charge >= 0.3 is 0 Å². The van der Waals surface area contributed by atoms with Crippen LogP contribution in [0.5, 0.6) is 0 Å². The zero-order valence-corrected chi connectivity index (χ0v) is 15.4. The Kier molecular flexibility index (Phi) is 5.46. The third-order valence-electron chi connectivity index (χ3n) is 5.31. The fraction of sp³-hybridized carbons (Fsp3) is 0.632. The molecule has 7 nitrogen and oxygen atoms in total. The quantitative estimate of drug-likeness (QED) is 0.859. The molecule has 1 unspecified atom stereocenters. The molecule has 2 fully saturated rings. The smallest absolute Gasteiger partial charge is 0.250 e. The SMILES string of the molecule is CC(C)C(=O)NC1COC2(CCN(C(=O)Cn3ccccc3=O)CC2)C1. The van der Waals surface area contributed by atoms with Crippen LogP contribution in [-0.2, 0) is 20.9 Å². The predicted molar refractivity (Wildman–Crippen MR) is 96.6 cm³/mol. The lowest BCUT2D eigenvalue weighted by Crippen LogP contribution is -2.48. The summed E-state index contributed by atoms with van der Waals surface area (Å²) in [6, 6.07) is 4.92. The van der Waals surface area contributed by atoms with Gasteiger partial charge in [0.2, 0.25) is 11.8 Å². The van der Waals surface area contributed by atoms with Crippen molar-refractivity contribution in [3.63, 3.8) is 0 Å². The topological polar surface area (TPSA) is 80.6 Å². The predicted octanol–water partition coefficient (Wildman–Crippen LogP) is 0.771. The van der Waals surface area contributed by atoms with Crippen molar-refractivity contribution in [2.24, 2.45) is 5.92 Å². The van der Waals surface area contributed by atoms with Crippen LogP contribution in [0.25, 0.3) is 0 Å². The first-order chi connectivity index (χ1) is 12.4. The minimum Gasteiger partial charge on any atom is -0.373 e. The molecule has 142 valence electrons. The largest absolute Gasteiger partial charge is 0.373 e. The van der Waals surface area contributed by atoms with E-state index in [0.717, 1.165) is 19.3 Å². The minimum atomic E-state index is -0.241. The maximum atomic E-state index is 12.5. The molecule has 7 heteroatoms. The Bertz CT molecular complexity index is 719. The number of carbonyl (C=O) groups is 2. The van der Waals surface area contributed by atoms with E-state index in [0.29, 0.717) is 19.7 Å². The fourth-order valence-electron chi connectivity index (χ4n) is 3.65. The molecule has 2 aliphatic heterocycles. The molecule has 2 amide bonds. The molecule has 0 aromatic carbocycles. The molecule has 1 aromatic heterocycles. The highest BCUT2D eigenvalue weighted by Crippen LogP contribution is 2.36. The number of nitrogens with zero attached hydrogens (tertiary/aromatic N) is 2. The van der Waals surface area contributed by atoms with Crippen molar-refractivity contribution in [1.29, 1.82) is 0 Å². The van der Waals surface area contributed by atoms with Gasteiger partial charge in [-0.25, -0.2) is 0 Å². The second kappa shape index (κ2) is 7.61. The number of pyridine rings is 1. The van der Waals surface area contributed by atoms with Crippen LogP contribution in [0.15, 0.2) is 29.2 Å². The average Bonchev–Trinajstić information content (AvgIpc) is 2.99. The van der Waals surface area contributed by atoms with Crippen LogP contribution in [0.1, 0.15) is 33.1 Å². The first-order valence-corrected chi connectivity index (χ1v) is 9.26. The Morgan fingerprint density at radius 2 is 2.04 bits per heavy atom. The van der Waals surface area contributed by atoms with E-state index < -0.39 is 0 Å². The Labute approximate surface area is 153 Å². The van der Waals surface area contributed by atoms with E-state index in [1.54, 1.807) is 23.2 Å². The molecule has 2 saturated heterocycles. The number of carbonyl (C=O) groups excluding carboxylic acids is 2. The summed E-state index contributed by atoms with van der Waals surface area (Å²) in [5, 5.41) is 3.04. The standard InChI is InChI=1S/C19H27N3O4/c1-14(2)18(25)20-15-11-19(26-13-15)6-9-21(10-7-19)17(24)12-22-8-4-3-5-16(22)23/h3-5,8,14-15H,6-7,9-13H2,1-2H3,(H,20,25). The third kappa shape index (κ3) is 4.15. The van der Waals surface area contributed by atoms with E-state index in [1.807, 2.05) is 13.8 Å². The molecule has 1 N–H and O–H groups in total. The highest BCUT2D eigenvalue weighted by molar-refractivity contribution is 5.78. The number of aromatic nitrogens is 1. The highest BCUT2D eigenvalue weighted by Gasteiger charge is 2.43. The molecule has 3 rings (SSSR count). The molecule has 2 aliphatic rings. The van der Waals surface area contributed by atoms with Gasteiger partial charge in [0.05, 0.1) is 18.2 Å². The number of hydrogen-bond donors (Lipinski definition) is 1. The lowest BCUT2D eigenvalue weighted by Gasteiger charge is -2.38. The Hall–Kier alpha value is -2.15. The Balaban J connectivity index is 1.51. The van der Waals surface area contributed by atoms with Gasteiger partial charge in [-0.05, 0) is 25.3 Å². The minimum absolute atomic E-state index is 0.0348. The summed E-state index contributed by atoms with van der Waals surface area (Å²) in [7, 11) is 0. The van der Waals surface area contributed by atoms with E-state index >= 15 is 0 Å². The first-order valence-electron chi connectivity index (χ1n) is 9.26. The van der Waals surface area contributed by atoms with E-state index in [9.17, 15) is 14.4 Å². The van der Waals surface area contributed by atoms with Crippen molar-refractivity contribution in [3.8, 4) is 0 Å². The van der Waals surface area contributed by atoms with Crippen molar-refractivity contribution < 1.29 is 14.3 Å². The molecule has 26 heavy (non-hydrogen) atoms. The molecule has 1 aromatic rings. The van der Waals surface area contributed by atoms with Crippen LogP contribution < -0.4 is 10.9 Å². The van der Waals surface area contributed by atoms with Gasteiger partial charge in [0.15, 0.2) is 0 Å². The summed E-state index contributed by atoms with van der Waals surface area (Å²) in [6.07, 6.45) is 3.95. The number of amides is 2. The van der Waals surface area contributed by atoms with Crippen molar-refractivity contribution in [2.45, 2.75) is 51.3 Å². The molecule has 0 aliphatic carbocycles. The number of ether oxygens (including phenoxy) is 1. The molecule has 1 spiro atoms. The number of piperidine rings is 1. The summed E-state index contributed by atoms with van der Waals surface area (Å²) in [5.74, 6) is -0.0280. The third-order valence-corrected chi connectivity index (χ3v) is 5.31. The molecular formula is C19H27N3O4. The molecule has 3 heterocycles. The Morgan fingerprint density at radius 3 is 2.69 bits per heavy atom. The van der Waals surface area contributed by atoms with Crippen LogP contribution >= 0.6 is 0 Å².